The first kappa shape index (κ1) is 14.0. The van der Waals surface area contributed by atoms with Crippen LogP contribution in [0.5, 0.6) is 0 Å². The van der Waals surface area contributed by atoms with Crippen molar-refractivity contribution in [1.29, 1.82) is 5.26 Å². The monoisotopic (exact) mass is 250 g/mol. The Hall–Kier alpha value is -2.09. The van der Waals surface area contributed by atoms with Crippen LogP contribution in [0.3, 0.4) is 0 Å². The summed E-state index contributed by atoms with van der Waals surface area (Å²) in [6.07, 6.45) is 0. The van der Waals surface area contributed by atoms with Crippen LogP contribution in [-0.4, -0.2) is 24.2 Å². The van der Waals surface area contributed by atoms with Crippen molar-refractivity contribution in [2.45, 2.75) is 13.8 Å². The van der Waals surface area contributed by atoms with Crippen molar-refractivity contribution in [2.24, 2.45) is 5.92 Å². The largest absolute Gasteiger partial charge is 0.478 e. The van der Waals surface area contributed by atoms with Crippen molar-refractivity contribution in [3.05, 3.63) is 29.6 Å². The zero-order chi connectivity index (χ0) is 13.7. The molecule has 0 aliphatic rings. The van der Waals surface area contributed by atoms with E-state index in [1.807, 2.05) is 6.92 Å². The summed E-state index contributed by atoms with van der Waals surface area (Å²) in [5.41, 5.74) is 0.241. The first-order chi connectivity index (χ1) is 8.49. The van der Waals surface area contributed by atoms with Gasteiger partial charge in [0, 0.05) is 13.1 Å². The van der Waals surface area contributed by atoms with Crippen molar-refractivity contribution in [1.82, 2.24) is 0 Å². The molecule has 1 rings (SSSR count). The third-order valence-electron chi connectivity index (χ3n) is 2.63. The Balaban J connectivity index is 3.00. The van der Waals surface area contributed by atoms with E-state index in [0.29, 0.717) is 18.8 Å². The molecule has 0 spiro atoms. The van der Waals surface area contributed by atoms with E-state index in [0.717, 1.165) is 6.07 Å². The van der Waals surface area contributed by atoms with Crippen LogP contribution in [0.15, 0.2) is 18.2 Å². The molecule has 5 heteroatoms. The van der Waals surface area contributed by atoms with E-state index < -0.39 is 11.8 Å². The summed E-state index contributed by atoms with van der Waals surface area (Å²) in [6, 6.07) is 5.89. The van der Waals surface area contributed by atoms with E-state index in [2.05, 4.69) is 6.07 Å². The fourth-order valence-electron chi connectivity index (χ4n) is 1.67. The summed E-state index contributed by atoms with van der Waals surface area (Å²) in [5, 5.41) is 17.5. The number of hydrogen-bond donors (Lipinski definition) is 1. The predicted molar refractivity (Wildman–Crippen MR) is 66.0 cm³/mol. The highest BCUT2D eigenvalue weighted by Gasteiger charge is 2.15. The summed E-state index contributed by atoms with van der Waals surface area (Å²) in [7, 11) is 0. The number of nitriles is 1. The smallest absolute Gasteiger partial charge is 0.335 e. The first-order valence-electron chi connectivity index (χ1n) is 5.67. The lowest BCUT2D eigenvalue weighted by molar-refractivity contribution is 0.0696. The first-order valence-corrected chi connectivity index (χ1v) is 5.67. The van der Waals surface area contributed by atoms with Gasteiger partial charge in [0.2, 0.25) is 0 Å². The highest BCUT2D eigenvalue weighted by atomic mass is 19.1. The molecule has 0 aromatic heterocycles. The standard InChI is InChI=1S/C13H15FN2O2/c1-3-16(8-9(2)7-15)12-5-4-10(13(17)18)6-11(12)14/h4-6,9H,3,8H2,1-2H3,(H,17,18). The van der Waals surface area contributed by atoms with Gasteiger partial charge in [-0.2, -0.15) is 5.26 Å². The molecule has 0 saturated carbocycles. The number of benzene rings is 1. The molecule has 0 radical (unpaired) electrons. The van der Waals surface area contributed by atoms with Gasteiger partial charge in [-0.3, -0.25) is 0 Å². The van der Waals surface area contributed by atoms with Gasteiger partial charge in [0.05, 0.1) is 23.2 Å². The highest BCUT2D eigenvalue weighted by Crippen LogP contribution is 2.21. The quantitative estimate of drug-likeness (QED) is 0.872. The number of carbonyl (C=O) groups is 1. The SMILES string of the molecule is CCN(CC(C)C#N)c1ccc(C(=O)O)cc1F. The molecule has 0 saturated heterocycles. The molecule has 1 unspecified atom stereocenters. The second kappa shape index (κ2) is 6.01. The molecule has 0 aliphatic heterocycles. The van der Waals surface area contributed by atoms with E-state index in [-0.39, 0.29) is 11.5 Å². The molecule has 18 heavy (non-hydrogen) atoms. The third-order valence-corrected chi connectivity index (χ3v) is 2.63. The summed E-state index contributed by atoms with van der Waals surface area (Å²) in [6.45, 7) is 4.58. The highest BCUT2D eigenvalue weighted by molar-refractivity contribution is 5.88. The molecule has 0 amide bonds. The minimum atomic E-state index is -1.16. The summed E-state index contributed by atoms with van der Waals surface area (Å²) >= 11 is 0. The minimum Gasteiger partial charge on any atom is -0.478 e. The van der Waals surface area contributed by atoms with Crippen LogP contribution < -0.4 is 4.90 Å². The molecule has 1 aromatic carbocycles. The molecule has 96 valence electrons. The molecule has 1 aromatic rings. The van der Waals surface area contributed by atoms with Crippen molar-refractivity contribution in [2.75, 3.05) is 18.0 Å². The van der Waals surface area contributed by atoms with Crippen molar-refractivity contribution in [3.63, 3.8) is 0 Å². The van der Waals surface area contributed by atoms with Crippen LogP contribution in [0.2, 0.25) is 0 Å². The third kappa shape index (κ3) is 3.20. The number of carboxylic acid groups (broad SMARTS) is 1. The summed E-state index contributed by atoms with van der Waals surface area (Å²) < 4.78 is 13.8. The van der Waals surface area contributed by atoms with Gasteiger partial charge in [0.25, 0.3) is 0 Å². The van der Waals surface area contributed by atoms with Crippen LogP contribution in [0.25, 0.3) is 0 Å². The van der Waals surface area contributed by atoms with Crippen molar-refractivity contribution in [3.8, 4) is 6.07 Å². The van der Waals surface area contributed by atoms with Crippen LogP contribution >= 0.6 is 0 Å². The molecule has 1 atom stereocenters. The van der Waals surface area contributed by atoms with E-state index >= 15 is 0 Å². The number of nitrogens with zero attached hydrogens (tertiary/aromatic N) is 2. The van der Waals surface area contributed by atoms with Gasteiger partial charge >= 0.3 is 5.97 Å². The second-order valence-electron chi connectivity index (χ2n) is 4.04. The molecule has 0 aliphatic carbocycles. The number of aromatic carboxylic acids is 1. The second-order valence-corrected chi connectivity index (χ2v) is 4.04. The van der Waals surface area contributed by atoms with Crippen LogP contribution in [0.4, 0.5) is 10.1 Å². The number of carboxylic acids is 1. The van der Waals surface area contributed by atoms with Crippen molar-refractivity contribution < 1.29 is 14.3 Å². The number of rotatable bonds is 5. The van der Waals surface area contributed by atoms with Gasteiger partial charge < -0.3 is 10.0 Å². The fraction of sp³-hybridized carbons (Fsp3) is 0.385. The predicted octanol–water partition coefficient (Wildman–Crippen LogP) is 2.51. The average Bonchev–Trinajstić information content (AvgIpc) is 2.35. The summed E-state index contributed by atoms with van der Waals surface area (Å²) in [5.74, 6) is -1.96. The number of hydrogen-bond acceptors (Lipinski definition) is 3. The maximum atomic E-state index is 13.8. The Bertz CT molecular complexity index is 482. The van der Waals surface area contributed by atoms with Gasteiger partial charge in [-0.25, -0.2) is 9.18 Å². The van der Waals surface area contributed by atoms with Gasteiger partial charge in [0.15, 0.2) is 0 Å². The van der Waals surface area contributed by atoms with E-state index in [9.17, 15) is 9.18 Å². The van der Waals surface area contributed by atoms with E-state index in [1.165, 1.54) is 12.1 Å². The lowest BCUT2D eigenvalue weighted by Gasteiger charge is -2.24. The molecule has 4 nitrogen and oxygen atoms in total. The Morgan fingerprint density at radius 3 is 2.72 bits per heavy atom. The average molecular weight is 250 g/mol. The van der Waals surface area contributed by atoms with Gasteiger partial charge in [-0.05, 0) is 32.0 Å². The lowest BCUT2D eigenvalue weighted by Crippen LogP contribution is -2.28. The maximum Gasteiger partial charge on any atom is 0.335 e. The van der Waals surface area contributed by atoms with Gasteiger partial charge in [-0.15, -0.1) is 0 Å². The maximum absolute atomic E-state index is 13.8. The van der Waals surface area contributed by atoms with Gasteiger partial charge in [0.1, 0.15) is 5.82 Å². The fourth-order valence-corrected chi connectivity index (χ4v) is 1.67. The Kier molecular flexibility index (Phi) is 4.67. The van der Waals surface area contributed by atoms with Gasteiger partial charge in [-0.1, -0.05) is 0 Å². The molecule has 0 fully saturated rings. The Morgan fingerprint density at radius 1 is 1.61 bits per heavy atom. The topological polar surface area (TPSA) is 64.3 Å². The molecule has 0 bridgehead atoms. The molecule has 1 N–H and O–H groups in total. The van der Waals surface area contributed by atoms with Crippen LogP contribution in [0, 0.1) is 23.1 Å². The number of halogens is 1. The molecular formula is C13H15FN2O2. The molecule has 0 heterocycles. The number of anilines is 1. The van der Waals surface area contributed by atoms with E-state index in [4.69, 9.17) is 10.4 Å². The Morgan fingerprint density at radius 2 is 2.28 bits per heavy atom. The lowest BCUT2D eigenvalue weighted by atomic mass is 10.1. The van der Waals surface area contributed by atoms with Crippen LogP contribution in [-0.2, 0) is 0 Å². The Labute approximate surface area is 105 Å². The van der Waals surface area contributed by atoms with E-state index in [1.54, 1.807) is 11.8 Å². The zero-order valence-electron chi connectivity index (χ0n) is 10.4. The van der Waals surface area contributed by atoms with Crippen molar-refractivity contribution >= 4 is 11.7 Å². The summed E-state index contributed by atoms with van der Waals surface area (Å²) in [4.78, 5) is 12.4. The van der Waals surface area contributed by atoms with Crippen LogP contribution in [0.1, 0.15) is 24.2 Å². The minimum absolute atomic E-state index is 0.0827. The molecular weight excluding hydrogens is 235 g/mol. The zero-order valence-corrected chi connectivity index (χ0v) is 10.4. The normalized spacial score (nSPS) is 11.7.